The number of allylic oxidation sites excluding steroid dienone is 2. The number of benzene rings is 1. The molecule has 1 aromatic carbocycles. The van der Waals surface area contributed by atoms with E-state index in [0.717, 1.165) is 20.3 Å². The molecule has 0 atom stereocenters. The summed E-state index contributed by atoms with van der Waals surface area (Å²) < 4.78 is 28.2. The van der Waals surface area contributed by atoms with Crippen molar-refractivity contribution >= 4 is 23.6 Å². The zero-order valence-electron chi connectivity index (χ0n) is 14.3. The normalized spacial score (nSPS) is 13.3. The molecular formula is C18H16FNO6. The van der Waals surface area contributed by atoms with Gasteiger partial charge in [-0.2, -0.15) is 0 Å². The topological polar surface area (TPSA) is 82.1 Å². The van der Waals surface area contributed by atoms with E-state index < -0.39 is 23.7 Å². The third-order valence-electron chi connectivity index (χ3n) is 3.53. The van der Waals surface area contributed by atoms with Crippen LogP contribution in [0.5, 0.6) is 0 Å². The summed E-state index contributed by atoms with van der Waals surface area (Å²) in [6.07, 6.45) is 5.90. The van der Waals surface area contributed by atoms with E-state index in [4.69, 9.17) is 9.47 Å². The Morgan fingerprint density at radius 1 is 0.923 bits per heavy atom. The molecule has 1 heterocycles. The van der Waals surface area contributed by atoms with Crippen LogP contribution in [-0.4, -0.2) is 39.2 Å². The Kier molecular flexibility index (Phi) is 5.90. The Labute approximate surface area is 148 Å². The lowest BCUT2D eigenvalue weighted by Gasteiger charge is -2.23. The second kappa shape index (κ2) is 8.11. The largest absolute Gasteiger partial charge is 0.465 e. The maximum absolute atomic E-state index is 14.3. The summed E-state index contributed by atoms with van der Waals surface area (Å²) in [6, 6.07) is 3.66. The van der Waals surface area contributed by atoms with E-state index in [1.807, 2.05) is 0 Å². The minimum atomic E-state index is -0.844. The second-order valence-electron chi connectivity index (χ2n) is 4.97. The lowest BCUT2D eigenvalue weighted by atomic mass is 10.1. The van der Waals surface area contributed by atoms with Gasteiger partial charge in [0.15, 0.2) is 0 Å². The average molecular weight is 361 g/mol. The molecule has 0 saturated heterocycles. The van der Waals surface area contributed by atoms with E-state index in [-0.39, 0.29) is 22.5 Å². The molecule has 0 radical (unpaired) electrons. The SMILES string of the molecule is COC(=O)C1=C(C(=O)OC)N(c2ccc(C(=O)OC)c(F)c2)C=CC=C1. The van der Waals surface area contributed by atoms with Gasteiger partial charge in [0, 0.05) is 11.9 Å². The van der Waals surface area contributed by atoms with E-state index in [2.05, 4.69) is 4.74 Å². The predicted octanol–water partition coefficient (Wildman–Crippen LogP) is 2.10. The number of carbonyl (C=O) groups excluding carboxylic acids is 3. The van der Waals surface area contributed by atoms with Crippen molar-refractivity contribution in [2.45, 2.75) is 0 Å². The van der Waals surface area contributed by atoms with Crippen molar-refractivity contribution in [3.63, 3.8) is 0 Å². The van der Waals surface area contributed by atoms with E-state index in [1.165, 1.54) is 42.5 Å². The van der Waals surface area contributed by atoms with Gasteiger partial charge < -0.3 is 19.1 Å². The second-order valence-corrected chi connectivity index (χ2v) is 4.97. The third-order valence-corrected chi connectivity index (χ3v) is 3.53. The maximum atomic E-state index is 14.3. The van der Waals surface area contributed by atoms with E-state index >= 15 is 0 Å². The van der Waals surface area contributed by atoms with Crippen molar-refractivity contribution in [2.75, 3.05) is 26.2 Å². The van der Waals surface area contributed by atoms with Crippen LogP contribution in [0.15, 0.2) is 53.9 Å². The van der Waals surface area contributed by atoms with Crippen LogP contribution in [0.3, 0.4) is 0 Å². The van der Waals surface area contributed by atoms with Crippen LogP contribution in [0.2, 0.25) is 0 Å². The molecule has 0 fully saturated rings. The summed E-state index contributed by atoms with van der Waals surface area (Å²) in [5.74, 6) is -3.26. The first-order valence-electron chi connectivity index (χ1n) is 7.37. The van der Waals surface area contributed by atoms with Crippen LogP contribution in [0.25, 0.3) is 0 Å². The summed E-state index contributed by atoms with van der Waals surface area (Å²) in [6.45, 7) is 0. The fourth-order valence-corrected chi connectivity index (χ4v) is 2.29. The molecule has 0 saturated carbocycles. The number of halogens is 1. The van der Waals surface area contributed by atoms with Gasteiger partial charge >= 0.3 is 17.9 Å². The quantitative estimate of drug-likeness (QED) is 0.600. The van der Waals surface area contributed by atoms with Crippen LogP contribution in [0.1, 0.15) is 10.4 Å². The number of methoxy groups -OCH3 is 3. The molecule has 1 aliphatic rings. The molecule has 26 heavy (non-hydrogen) atoms. The van der Waals surface area contributed by atoms with Crippen molar-refractivity contribution in [3.05, 3.63) is 65.3 Å². The number of carbonyl (C=O) groups is 3. The number of esters is 3. The molecule has 0 aliphatic carbocycles. The molecule has 0 unspecified atom stereocenters. The highest BCUT2D eigenvalue weighted by atomic mass is 19.1. The van der Waals surface area contributed by atoms with E-state index in [0.29, 0.717) is 0 Å². The van der Waals surface area contributed by atoms with Gasteiger partial charge in [0.1, 0.15) is 11.5 Å². The Morgan fingerprint density at radius 3 is 2.15 bits per heavy atom. The van der Waals surface area contributed by atoms with Crippen molar-refractivity contribution in [2.24, 2.45) is 0 Å². The molecule has 7 nitrogen and oxygen atoms in total. The fourth-order valence-electron chi connectivity index (χ4n) is 2.29. The number of hydrogen-bond acceptors (Lipinski definition) is 7. The lowest BCUT2D eigenvalue weighted by Crippen LogP contribution is -2.27. The molecule has 0 spiro atoms. The maximum Gasteiger partial charge on any atom is 0.355 e. The number of nitrogens with zero attached hydrogens (tertiary/aromatic N) is 1. The lowest BCUT2D eigenvalue weighted by molar-refractivity contribution is -0.139. The summed E-state index contributed by atoms with van der Waals surface area (Å²) in [4.78, 5) is 37.1. The Hall–Kier alpha value is -3.42. The number of anilines is 1. The minimum absolute atomic E-state index is 0.0678. The zero-order chi connectivity index (χ0) is 19.3. The van der Waals surface area contributed by atoms with Gasteiger partial charge in [-0.3, -0.25) is 0 Å². The highest BCUT2D eigenvalue weighted by Gasteiger charge is 2.28. The average Bonchev–Trinajstić information content (AvgIpc) is 2.88. The Morgan fingerprint density at radius 2 is 1.58 bits per heavy atom. The highest BCUT2D eigenvalue weighted by Crippen LogP contribution is 2.28. The van der Waals surface area contributed by atoms with Crippen LogP contribution in [-0.2, 0) is 23.8 Å². The van der Waals surface area contributed by atoms with Crippen molar-refractivity contribution < 1.29 is 33.0 Å². The molecule has 0 aromatic heterocycles. The highest BCUT2D eigenvalue weighted by molar-refractivity contribution is 6.05. The first-order valence-corrected chi connectivity index (χ1v) is 7.37. The third kappa shape index (κ3) is 3.64. The van der Waals surface area contributed by atoms with Crippen molar-refractivity contribution in [1.29, 1.82) is 0 Å². The smallest absolute Gasteiger partial charge is 0.355 e. The standard InChI is InChI=1S/C18H16FNO6/c1-24-16(21)12-8-7-11(10-14(12)19)20-9-5-4-6-13(17(22)25-2)15(20)18(23)26-3/h4-10H,1-3H3. The van der Waals surface area contributed by atoms with E-state index in [9.17, 15) is 18.8 Å². The monoisotopic (exact) mass is 361 g/mol. The van der Waals surface area contributed by atoms with Crippen LogP contribution >= 0.6 is 0 Å². The van der Waals surface area contributed by atoms with Gasteiger partial charge in [0.2, 0.25) is 0 Å². The molecule has 0 amide bonds. The van der Waals surface area contributed by atoms with Gasteiger partial charge in [-0.25, -0.2) is 18.8 Å². The zero-order valence-corrected chi connectivity index (χ0v) is 14.3. The minimum Gasteiger partial charge on any atom is -0.465 e. The van der Waals surface area contributed by atoms with Crippen LogP contribution in [0, 0.1) is 5.82 Å². The first kappa shape index (κ1) is 18.9. The summed E-state index contributed by atoms with van der Waals surface area (Å²) in [5.41, 5.74) is -0.293. The first-order chi connectivity index (χ1) is 12.4. The number of ether oxygens (including phenoxy) is 3. The summed E-state index contributed by atoms with van der Waals surface area (Å²) in [7, 11) is 3.47. The van der Waals surface area contributed by atoms with E-state index in [1.54, 1.807) is 6.08 Å². The van der Waals surface area contributed by atoms with Gasteiger partial charge in [0.25, 0.3) is 0 Å². The number of rotatable bonds is 4. The Bertz CT molecular complexity index is 840. The molecule has 0 N–H and O–H groups in total. The van der Waals surface area contributed by atoms with Gasteiger partial charge in [-0.15, -0.1) is 0 Å². The molecule has 0 bridgehead atoms. The fraction of sp³-hybridized carbons (Fsp3) is 0.167. The molecule has 1 aliphatic heterocycles. The predicted molar refractivity (Wildman–Crippen MR) is 89.6 cm³/mol. The van der Waals surface area contributed by atoms with Crippen molar-refractivity contribution in [3.8, 4) is 0 Å². The van der Waals surface area contributed by atoms with Crippen LogP contribution < -0.4 is 4.90 Å². The van der Waals surface area contributed by atoms with Crippen molar-refractivity contribution in [1.82, 2.24) is 0 Å². The molecule has 2 rings (SSSR count). The molecule has 1 aromatic rings. The molecule has 136 valence electrons. The number of hydrogen-bond donors (Lipinski definition) is 0. The van der Waals surface area contributed by atoms with Crippen LogP contribution in [0.4, 0.5) is 10.1 Å². The summed E-state index contributed by atoms with van der Waals surface area (Å²) in [5, 5.41) is 0. The molecule has 8 heteroatoms. The molecular weight excluding hydrogens is 345 g/mol. The van der Waals surface area contributed by atoms with Gasteiger partial charge in [-0.05, 0) is 30.4 Å². The summed E-state index contributed by atoms with van der Waals surface area (Å²) >= 11 is 0. The Balaban J connectivity index is 2.62. The van der Waals surface area contributed by atoms with Gasteiger partial charge in [-0.1, -0.05) is 6.08 Å². The van der Waals surface area contributed by atoms with Gasteiger partial charge in [0.05, 0.1) is 32.5 Å².